The number of nitrogens with zero attached hydrogens (tertiary/aromatic N) is 1. The van der Waals surface area contributed by atoms with E-state index in [1.807, 2.05) is 23.6 Å². The summed E-state index contributed by atoms with van der Waals surface area (Å²) in [4.78, 5) is 0. The highest BCUT2D eigenvalue weighted by atomic mass is 127. The summed E-state index contributed by atoms with van der Waals surface area (Å²) in [6.45, 7) is 0. The number of benzene rings is 1. The van der Waals surface area contributed by atoms with Crippen LogP contribution in [0.5, 0.6) is 0 Å². The molecule has 1 heterocycles. The second-order valence-corrected chi connectivity index (χ2v) is 4.87. The van der Waals surface area contributed by atoms with E-state index in [1.165, 1.54) is 15.1 Å². The Bertz CT molecular complexity index is 414. The van der Waals surface area contributed by atoms with Gasteiger partial charge in [-0.3, -0.25) is 0 Å². The third-order valence-electron chi connectivity index (χ3n) is 1.98. The van der Waals surface area contributed by atoms with Crippen LogP contribution in [0, 0.1) is 3.57 Å². The van der Waals surface area contributed by atoms with Crippen LogP contribution in [-0.2, 0) is 0 Å². The Labute approximate surface area is 100 Å². The van der Waals surface area contributed by atoms with E-state index in [1.54, 1.807) is 0 Å². The van der Waals surface area contributed by atoms with Gasteiger partial charge in [0, 0.05) is 8.95 Å². The van der Waals surface area contributed by atoms with Crippen molar-refractivity contribution in [3.63, 3.8) is 0 Å². The molecule has 0 radical (unpaired) electrons. The minimum Gasteiger partial charge on any atom is -0.319 e. The van der Waals surface area contributed by atoms with E-state index >= 15 is 0 Å². The van der Waals surface area contributed by atoms with E-state index in [0.717, 1.165) is 11.3 Å². The molecule has 0 aliphatic carbocycles. The van der Waals surface area contributed by atoms with E-state index in [9.17, 15) is 0 Å². The minimum atomic E-state index is -0.101. The molecule has 1 unspecified atom stereocenters. The van der Waals surface area contributed by atoms with Crippen molar-refractivity contribution in [3.8, 4) is 0 Å². The van der Waals surface area contributed by atoms with E-state index in [2.05, 4.69) is 39.1 Å². The molecule has 0 fully saturated rings. The van der Waals surface area contributed by atoms with Crippen LogP contribution in [0.1, 0.15) is 17.3 Å². The molecule has 0 aliphatic rings. The Balaban J connectivity index is 2.32. The lowest BCUT2D eigenvalue weighted by Gasteiger charge is -2.08. The molecule has 0 amide bonds. The van der Waals surface area contributed by atoms with E-state index in [0.29, 0.717) is 0 Å². The van der Waals surface area contributed by atoms with Crippen molar-refractivity contribution in [2.75, 3.05) is 0 Å². The zero-order chi connectivity index (χ0) is 9.97. The minimum absolute atomic E-state index is 0.101. The van der Waals surface area contributed by atoms with Crippen molar-refractivity contribution in [1.29, 1.82) is 0 Å². The Kier molecular flexibility index (Phi) is 3.15. The lowest BCUT2D eigenvalue weighted by Crippen LogP contribution is -2.11. The maximum atomic E-state index is 6.07. The Morgan fingerprint density at radius 3 is 2.86 bits per heavy atom. The molecule has 1 aromatic heterocycles. The molecule has 0 aliphatic heterocycles. The molecular weight excluding hydrogens is 307 g/mol. The van der Waals surface area contributed by atoms with Crippen molar-refractivity contribution in [3.05, 3.63) is 50.5 Å². The van der Waals surface area contributed by atoms with Crippen molar-refractivity contribution < 1.29 is 0 Å². The van der Waals surface area contributed by atoms with E-state index < -0.39 is 0 Å². The summed E-state index contributed by atoms with van der Waals surface area (Å²) < 4.78 is 5.44. The van der Waals surface area contributed by atoms with Crippen LogP contribution in [0.3, 0.4) is 0 Å². The predicted molar refractivity (Wildman–Crippen MR) is 67.3 cm³/mol. The summed E-state index contributed by atoms with van der Waals surface area (Å²) in [6, 6.07) is 10.1. The fourth-order valence-electron chi connectivity index (χ4n) is 1.25. The third kappa shape index (κ3) is 2.13. The zero-order valence-electron chi connectivity index (χ0n) is 7.35. The Morgan fingerprint density at radius 1 is 1.36 bits per heavy atom. The largest absolute Gasteiger partial charge is 0.319 e. The number of aromatic nitrogens is 1. The molecule has 0 spiro atoms. The normalized spacial score (nSPS) is 12.7. The first-order chi connectivity index (χ1) is 6.77. The van der Waals surface area contributed by atoms with E-state index in [4.69, 9.17) is 5.73 Å². The Morgan fingerprint density at radius 2 is 2.21 bits per heavy atom. The average Bonchev–Trinajstić information content (AvgIpc) is 2.69. The summed E-state index contributed by atoms with van der Waals surface area (Å²) in [5, 5.41) is 1.95. The molecule has 0 saturated carbocycles. The van der Waals surface area contributed by atoms with Crippen molar-refractivity contribution >= 4 is 34.1 Å². The quantitative estimate of drug-likeness (QED) is 0.865. The molecule has 0 saturated heterocycles. The highest BCUT2D eigenvalue weighted by Crippen LogP contribution is 2.20. The molecule has 2 aromatic rings. The highest BCUT2D eigenvalue weighted by Gasteiger charge is 2.10. The number of nitrogens with two attached hydrogens (primary N) is 1. The summed E-state index contributed by atoms with van der Waals surface area (Å²) in [5.74, 6) is 0. The zero-order valence-corrected chi connectivity index (χ0v) is 10.3. The molecule has 1 atom stereocenters. The average molecular weight is 316 g/mol. The molecule has 0 bridgehead atoms. The highest BCUT2D eigenvalue weighted by molar-refractivity contribution is 14.1. The molecule has 2 nitrogen and oxygen atoms in total. The van der Waals surface area contributed by atoms with Gasteiger partial charge in [0.25, 0.3) is 0 Å². The van der Waals surface area contributed by atoms with Crippen LogP contribution >= 0.6 is 34.1 Å². The monoisotopic (exact) mass is 316 g/mol. The number of hydrogen-bond donors (Lipinski definition) is 1. The first-order valence-electron chi connectivity index (χ1n) is 4.18. The summed E-state index contributed by atoms with van der Waals surface area (Å²) in [5.41, 5.74) is 8.13. The lowest BCUT2D eigenvalue weighted by molar-refractivity contribution is 0.845. The second-order valence-electron chi connectivity index (χ2n) is 2.96. The molecule has 1 aromatic carbocycles. The fourth-order valence-corrected chi connectivity index (χ4v) is 2.38. The summed E-state index contributed by atoms with van der Waals surface area (Å²) in [7, 11) is 0. The first-order valence-corrected chi connectivity index (χ1v) is 6.10. The Hall–Kier alpha value is -0.460. The van der Waals surface area contributed by atoms with Crippen molar-refractivity contribution in [1.82, 2.24) is 4.37 Å². The maximum Gasteiger partial charge on any atom is 0.0754 e. The van der Waals surface area contributed by atoms with Crippen molar-refractivity contribution in [2.45, 2.75) is 6.04 Å². The maximum absolute atomic E-state index is 6.07. The SMILES string of the molecule is NC(c1cccc(I)c1)c1ccsn1. The van der Waals surface area contributed by atoms with Crippen LogP contribution in [0.2, 0.25) is 0 Å². The lowest BCUT2D eigenvalue weighted by atomic mass is 10.1. The van der Waals surface area contributed by atoms with Gasteiger partial charge in [0.05, 0.1) is 11.7 Å². The van der Waals surface area contributed by atoms with Gasteiger partial charge in [0.1, 0.15) is 0 Å². The fraction of sp³-hybridized carbons (Fsp3) is 0.100. The van der Waals surface area contributed by atoms with Gasteiger partial charge in [-0.2, -0.15) is 4.37 Å². The van der Waals surface area contributed by atoms with Gasteiger partial charge < -0.3 is 5.73 Å². The van der Waals surface area contributed by atoms with Crippen LogP contribution in [0.25, 0.3) is 0 Å². The second kappa shape index (κ2) is 4.37. The number of hydrogen-bond acceptors (Lipinski definition) is 3. The molecule has 72 valence electrons. The van der Waals surface area contributed by atoms with Gasteiger partial charge >= 0.3 is 0 Å². The molecular formula is C10H9IN2S. The first kappa shape index (κ1) is 10.1. The predicted octanol–water partition coefficient (Wildman–Crippen LogP) is 2.80. The van der Waals surface area contributed by atoms with Crippen molar-refractivity contribution in [2.24, 2.45) is 5.73 Å². The van der Waals surface area contributed by atoms with Crippen LogP contribution in [0.4, 0.5) is 0 Å². The van der Waals surface area contributed by atoms with Crippen LogP contribution < -0.4 is 5.73 Å². The van der Waals surface area contributed by atoms with Gasteiger partial charge in [-0.1, -0.05) is 12.1 Å². The van der Waals surface area contributed by atoms with Gasteiger partial charge in [-0.15, -0.1) is 0 Å². The third-order valence-corrected chi connectivity index (χ3v) is 3.23. The molecule has 14 heavy (non-hydrogen) atoms. The van der Waals surface area contributed by atoms with Gasteiger partial charge in [-0.25, -0.2) is 0 Å². The molecule has 4 heteroatoms. The van der Waals surface area contributed by atoms with E-state index in [-0.39, 0.29) is 6.04 Å². The number of halogens is 1. The van der Waals surface area contributed by atoms with Crippen LogP contribution in [-0.4, -0.2) is 4.37 Å². The number of rotatable bonds is 2. The smallest absolute Gasteiger partial charge is 0.0754 e. The van der Waals surface area contributed by atoms with Crippen LogP contribution in [0.15, 0.2) is 35.7 Å². The summed E-state index contributed by atoms with van der Waals surface area (Å²) >= 11 is 3.72. The molecule has 2 N–H and O–H groups in total. The standard InChI is InChI=1S/C10H9IN2S/c11-8-3-1-2-7(6-8)10(12)9-4-5-14-13-9/h1-6,10H,12H2. The van der Waals surface area contributed by atoms with Gasteiger partial charge in [0.2, 0.25) is 0 Å². The summed E-state index contributed by atoms with van der Waals surface area (Å²) in [6.07, 6.45) is 0. The van der Waals surface area contributed by atoms with Gasteiger partial charge in [-0.05, 0) is 57.9 Å². The van der Waals surface area contributed by atoms with Gasteiger partial charge in [0.15, 0.2) is 0 Å². The topological polar surface area (TPSA) is 38.9 Å². The molecule has 2 rings (SSSR count).